The third-order valence-electron chi connectivity index (χ3n) is 7.88. The number of hydrogen-bond donors (Lipinski definition) is 1. The predicted molar refractivity (Wildman–Crippen MR) is 134 cm³/mol. The summed E-state index contributed by atoms with van der Waals surface area (Å²) in [6.45, 7) is 9.83. The van der Waals surface area contributed by atoms with Crippen molar-refractivity contribution in [3.05, 3.63) is 70.3 Å². The number of carbonyl (C=O) groups is 1. The van der Waals surface area contributed by atoms with Gasteiger partial charge in [-0.1, -0.05) is 75.4 Å². The van der Waals surface area contributed by atoms with E-state index >= 15 is 0 Å². The van der Waals surface area contributed by atoms with Crippen LogP contribution >= 0.6 is 0 Å². The molecule has 2 atom stereocenters. The molecule has 0 radical (unpaired) electrons. The molecule has 3 saturated heterocycles. The van der Waals surface area contributed by atoms with Gasteiger partial charge in [-0.2, -0.15) is 0 Å². The number of ether oxygens (including phenoxy) is 1. The lowest BCUT2D eigenvalue weighted by Gasteiger charge is -2.44. The van der Waals surface area contributed by atoms with Crippen LogP contribution < -0.4 is 5.32 Å². The normalized spacial score (nSPS) is 27.5. The Kier molecular flexibility index (Phi) is 6.05. The standard InChI is InChI=1S/C29H36N2O2/c1-4-20-5-7-21(8-6-20)9-10-22-11-12-25-24(17-22)18-29(2,3)27(25)30-28(32)33-26-19-31-15-13-23(26)14-16-31/h5-12,17,23,26-27H,4,13-16,18-19H2,1-3H3,(H,30,32)/b10-9+/t26-,27?/m0/s1. The zero-order chi connectivity index (χ0) is 23.0. The van der Waals surface area contributed by atoms with Crippen LogP contribution in [0.25, 0.3) is 12.2 Å². The highest BCUT2D eigenvalue weighted by molar-refractivity contribution is 5.71. The van der Waals surface area contributed by atoms with Crippen molar-refractivity contribution in [2.45, 2.75) is 58.6 Å². The van der Waals surface area contributed by atoms with Gasteiger partial charge in [0.05, 0.1) is 6.04 Å². The van der Waals surface area contributed by atoms with Crippen molar-refractivity contribution in [2.24, 2.45) is 11.3 Å². The Bertz CT molecular complexity index is 1030. The second-order valence-corrected chi connectivity index (χ2v) is 10.7. The van der Waals surface area contributed by atoms with Gasteiger partial charge in [-0.25, -0.2) is 4.79 Å². The van der Waals surface area contributed by atoms with Gasteiger partial charge >= 0.3 is 6.09 Å². The van der Waals surface area contributed by atoms with Gasteiger partial charge in [0.1, 0.15) is 6.10 Å². The first-order chi connectivity index (χ1) is 15.9. The van der Waals surface area contributed by atoms with Crippen molar-refractivity contribution in [3.8, 4) is 0 Å². The first kappa shape index (κ1) is 22.2. The van der Waals surface area contributed by atoms with E-state index in [1.165, 1.54) is 27.8 Å². The minimum Gasteiger partial charge on any atom is -0.445 e. The Labute approximate surface area is 198 Å². The average molecular weight is 445 g/mol. The van der Waals surface area contributed by atoms with Crippen LogP contribution in [-0.4, -0.2) is 36.7 Å². The van der Waals surface area contributed by atoms with E-state index in [0.29, 0.717) is 5.92 Å². The van der Waals surface area contributed by atoms with Crippen molar-refractivity contribution in [2.75, 3.05) is 19.6 Å². The van der Waals surface area contributed by atoms with Gasteiger partial charge < -0.3 is 10.1 Å². The monoisotopic (exact) mass is 444 g/mol. The van der Waals surface area contributed by atoms with E-state index < -0.39 is 0 Å². The maximum atomic E-state index is 12.9. The Hall–Kier alpha value is -2.59. The molecule has 33 heavy (non-hydrogen) atoms. The third kappa shape index (κ3) is 4.72. The Morgan fingerprint density at radius 3 is 2.45 bits per heavy atom. The van der Waals surface area contributed by atoms with Crippen LogP contribution in [-0.2, 0) is 17.6 Å². The van der Waals surface area contributed by atoms with Gasteiger partial charge in [0.15, 0.2) is 0 Å². The van der Waals surface area contributed by atoms with Crippen molar-refractivity contribution in [3.63, 3.8) is 0 Å². The molecule has 3 aliphatic heterocycles. The number of amides is 1. The summed E-state index contributed by atoms with van der Waals surface area (Å²) in [5.41, 5.74) is 6.25. The zero-order valence-corrected chi connectivity index (χ0v) is 20.1. The van der Waals surface area contributed by atoms with Crippen molar-refractivity contribution >= 4 is 18.2 Å². The summed E-state index contributed by atoms with van der Waals surface area (Å²) in [4.78, 5) is 15.3. The highest BCUT2D eigenvalue weighted by Gasteiger charge is 2.41. The Morgan fingerprint density at radius 1 is 1.09 bits per heavy atom. The molecule has 1 aliphatic carbocycles. The number of nitrogens with zero attached hydrogens (tertiary/aromatic N) is 1. The number of fused-ring (bicyclic) bond motifs is 4. The predicted octanol–water partition coefficient (Wildman–Crippen LogP) is 5.86. The van der Waals surface area contributed by atoms with Crippen LogP contribution in [0.15, 0.2) is 42.5 Å². The zero-order valence-electron chi connectivity index (χ0n) is 20.1. The summed E-state index contributed by atoms with van der Waals surface area (Å²) >= 11 is 0. The molecule has 0 spiro atoms. The van der Waals surface area contributed by atoms with Gasteiger partial charge in [0, 0.05) is 6.54 Å². The van der Waals surface area contributed by atoms with E-state index in [1.807, 2.05) is 0 Å². The number of aryl methyl sites for hydroxylation is 1. The van der Waals surface area contributed by atoms with Crippen LogP contribution in [0.2, 0.25) is 0 Å². The van der Waals surface area contributed by atoms with Gasteiger partial charge in [-0.3, -0.25) is 4.90 Å². The third-order valence-corrected chi connectivity index (χ3v) is 7.88. The second kappa shape index (κ2) is 8.98. The number of hydrogen-bond acceptors (Lipinski definition) is 3. The molecule has 3 fully saturated rings. The average Bonchev–Trinajstić information content (AvgIpc) is 3.07. The lowest BCUT2D eigenvalue weighted by Crippen LogP contribution is -2.53. The van der Waals surface area contributed by atoms with E-state index in [9.17, 15) is 4.79 Å². The molecule has 4 heteroatoms. The van der Waals surface area contributed by atoms with Gasteiger partial charge in [-0.05, 0) is 77.9 Å². The maximum Gasteiger partial charge on any atom is 0.407 e. The molecular formula is C29H36N2O2. The van der Waals surface area contributed by atoms with E-state index in [2.05, 4.69) is 85.6 Å². The van der Waals surface area contributed by atoms with Crippen molar-refractivity contribution < 1.29 is 9.53 Å². The van der Waals surface area contributed by atoms with E-state index in [-0.39, 0.29) is 23.7 Å². The summed E-state index contributed by atoms with van der Waals surface area (Å²) in [5.74, 6) is 0.525. The fourth-order valence-electron chi connectivity index (χ4n) is 5.84. The topological polar surface area (TPSA) is 41.6 Å². The number of alkyl carbamates (subject to hydrolysis) is 1. The van der Waals surface area contributed by atoms with E-state index in [1.54, 1.807) is 0 Å². The quantitative estimate of drug-likeness (QED) is 0.587. The molecule has 0 saturated carbocycles. The number of rotatable bonds is 5. The minimum absolute atomic E-state index is 0.0271. The summed E-state index contributed by atoms with van der Waals surface area (Å²) in [6.07, 6.45) is 8.42. The number of carbonyl (C=O) groups excluding carboxylic acids is 1. The highest BCUT2D eigenvalue weighted by atomic mass is 16.6. The van der Waals surface area contributed by atoms with Crippen LogP contribution in [0.1, 0.15) is 67.5 Å². The molecule has 6 rings (SSSR count). The number of piperidine rings is 3. The van der Waals surface area contributed by atoms with Crippen molar-refractivity contribution in [1.29, 1.82) is 0 Å². The molecule has 0 aromatic heterocycles. The van der Waals surface area contributed by atoms with Crippen LogP contribution in [0.5, 0.6) is 0 Å². The maximum absolute atomic E-state index is 12.9. The largest absolute Gasteiger partial charge is 0.445 e. The number of nitrogens with one attached hydrogen (secondary N) is 1. The van der Waals surface area contributed by atoms with Crippen LogP contribution in [0.3, 0.4) is 0 Å². The Balaban J connectivity index is 1.26. The summed E-state index contributed by atoms with van der Waals surface area (Å²) in [6, 6.07) is 15.3. The second-order valence-electron chi connectivity index (χ2n) is 10.7. The fourth-order valence-corrected chi connectivity index (χ4v) is 5.84. The molecule has 1 N–H and O–H groups in total. The minimum atomic E-state index is -0.265. The van der Waals surface area contributed by atoms with E-state index in [0.717, 1.165) is 45.3 Å². The molecule has 4 aliphatic rings. The van der Waals surface area contributed by atoms with Gasteiger partial charge in [0.2, 0.25) is 0 Å². The molecule has 1 amide bonds. The highest BCUT2D eigenvalue weighted by Crippen LogP contribution is 2.45. The summed E-state index contributed by atoms with van der Waals surface area (Å²) in [5, 5.41) is 3.22. The molecule has 3 heterocycles. The molecule has 2 aromatic carbocycles. The fraction of sp³-hybridized carbons (Fsp3) is 0.483. The molecule has 4 nitrogen and oxygen atoms in total. The molecule has 174 valence electrons. The van der Waals surface area contributed by atoms with Crippen LogP contribution in [0.4, 0.5) is 4.79 Å². The summed E-state index contributed by atoms with van der Waals surface area (Å²) < 4.78 is 5.92. The number of benzene rings is 2. The Morgan fingerprint density at radius 2 is 1.79 bits per heavy atom. The molecular weight excluding hydrogens is 408 g/mol. The lowest BCUT2D eigenvalue weighted by atomic mass is 9.85. The van der Waals surface area contributed by atoms with Crippen molar-refractivity contribution in [1.82, 2.24) is 10.2 Å². The van der Waals surface area contributed by atoms with Gasteiger partial charge in [0.25, 0.3) is 0 Å². The first-order valence-corrected chi connectivity index (χ1v) is 12.5. The van der Waals surface area contributed by atoms with Crippen LogP contribution in [0, 0.1) is 11.3 Å². The molecule has 2 aromatic rings. The van der Waals surface area contributed by atoms with Gasteiger partial charge in [-0.15, -0.1) is 0 Å². The lowest BCUT2D eigenvalue weighted by molar-refractivity contribution is -0.0348. The first-order valence-electron chi connectivity index (χ1n) is 12.5. The smallest absolute Gasteiger partial charge is 0.407 e. The molecule has 2 bridgehead atoms. The SMILES string of the molecule is CCc1ccc(/C=C/c2ccc3c(c2)CC(C)(C)C3NC(=O)O[C@H]2CN3CCC2CC3)cc1. The molecule has 1 unspecified atom stereocenters. The van der Waals surface area contributed by atoms with E-state index in [4.69, 9.17) is 4.74 Å². The summed E-state index contributed by atoms with van der Waals surface area (Å²) in [7, 11) is 0.